The van der Waals surface area contributed by atoms with Gasteiger partial charge in [0.15, 0.2) is 0 Å². The van der Waals surface area contributed by atoms with Gasteiger partial charge in [-0.3, -0.25) is 14.6 Å². The maximum atomic E-state index is 11.0. The molecule has 19 heavy (non-hydrogen) atoms. The predicted molar refractivity (Wildman–Crippen MR) is 73.1 cm³/mol. The Hall–Kier alpha value is -0.650. The highest BCUT2D eigenvalue weighted by Crippen LogP contribution is 2.23. The van der Waals surface area contributed by atoms with Crippen LogP contribution >= 0.6 is 0 Å². The zero-order chi connectivity index (χ0) is 13.8. The monoisotopic (exact) mass is 270 g/mol. The summed E-state index contributed by atoms with van der Waals surface area (Å²) < 4.78 is 0. The number of nitrogens with zero attached hydrogens (tertiary/aromatic N) is 2. The summed E-state index contributed by atoms with van der Waals surface area (Å²) in [6.07, 6.45) is 5.35. The van der Waals surface area contributed by atoms with Crippen molar-refractivity contribution in [2.75, 3.05) is 26.2 Å². The molecule has 110 valence electrons. The summed E-state index contributed by atoms with van der Waals surface area (Å²) >= 11 is 0. The van der Waals surface area contributed by atoms with Crippen molar-refractivity contribution in [3.63, 3.8) is 0 Å². The lowest BCUT2D eigenvalue weighted by Crippen LogP contribution is -2.56. The van der Waals surface area contributed by atoms with E-state index in [2.05, 4.69) is 4.90 Å². The molecule has 0 spiro atoms. The predicted octanol–water partition coefficient (Wildman–Crippen LogP) is 0.771. The van der Waals surface area contributed by atoms with Crippen LogP contribution in [0.15, 0.2) is 0 Å². The molecule has 5 nitrogen and oxygen atoms in total. The number of rotatable bonds is 3. The summed E-state index contributed by atoms with van der Waals surface area (Å²) in [5.74, 6) is -0.747. The van der Waals surface area contributed by atoms with Crippen molar-refractivity contribution in [2.45, 2.75) is 57.2 Å². The highest BCUT2D eigenvalue weighted by atomic mass is 16.4. The first-order valence-electron chi connectivity index (χ1n) is 7.48. The van der Waals surface area contributed by atoms with E-state index in [9.17, 15) is 9.90 Å². The van der Waals surface area contributed by atoms with Crippen molar-refractivity contribution in [1.82, 2.24) is 9.80 Å². The molecule has 2 rings (SSSR count). The van der Waals surface area contributed by atoms with Crippen molar-refractivity contribution in [3.05, 3.63) is 0 Å². The van der Waals surface area contributed by atoms with E-state index in [1.807, 2.05) is 4.90 Å². The van der Waals surface area contributed by atoms with Crippen molar-refractivity contribution in [1.29, 1.82) is 0 Å². The van der Waals surface area contributed by atoms with Crippen LogP contribution in [0.1, 0.15) is 39.0 Å². The van der Waals surface area contributed by atoms with Gasteiger partial charge in [0.05, 0.1) is 6.10 Å². The highest BCUT2D eigenvalue weighted by molar-refractivity contribution is 5.72. The molecule has 0 radical (unpaired) electrons. The number of hydrogen-bond donors (Lipinski definition) is 2. The lowest BCUT2D eigenvalue weighted by molar-refractivity contribution is -0.143. The molecule has 2 fully saturated rings. The summed E-state index contributed by atoms with van der Waals surface area (Å²) in [7, 11) is 0. The molecule has 3 atom stereocenters. The molecule has 1 aliphatic heterocycles. The molecular formula is C14H26N2O3. The Labute approximate surface area is 115 Å². The van der Waals surface area contributed by atoms with E-state index < -0.39 is 12.0 Å². The van der Waals surface area contributed by atoms with Gasteiger partial charge in [-0.15, -0.1) is 0 Å². The fraction of sp³-hybridized carbons (Fsp3) is 0.929. The van der Waals surface area contributed by atoms with Crippen LogP contribution in [-0.4, -0.2) is 70.3 Å². The van der Waals surface area contributed by atoms with Gasteiger partial charge in [0.2, 0.25) is 0 Å². The third-order valence-electron chi connectivity index (χ3n) is 4.67. The zero-order valence-electron chi connectivity index (χ0n) is 11.8. The molecule has 3 unspecified atom stereocenters. The standard InChI is InChI=1S/C14H26N2O3/c1-11(14(18)19)15-7-9-16(10-8-15)12-5-3-2-4-6-13(12)17/h11-13,17H,2-10H2,1H3,(H,18,19). The molecule has 2 N–H and O–H groups in total. The van der Waals surface area contributed by atoms with Crippen LogP contribution in [0, 0.1) is 0 Å². The van der Waals surface area contributed by atoms with Gasteiger partial charge in [-0.2, -0.15) is 0 Å². The van der Waals surface area contributed by atoms with Crippen molar-refractivity contribution in [2.24, 2.45) is 0 Å². The molecule has 2 aliphatic rings. The molecule has 1 heterocycles. The molecular weight excluding hydrogens is 244 g/mol. The molecule has 1 saturated heterocycles. The van der Waals surface area contributed by atoms with Gasteiger partial charge < -0.3 is 10.2 Å². The van der Waals surface area contributed by atoms with Crippen LogP contribution < -0.4 is 0 Å². The Kier molecular flexibility index (Phi) is 5.19. The normalized spacial score (nSPS) is 32.7. The average molecular weight is 270 g/mol. The highest BCUT2D eigenvalue weighted by Gasteiger charge is 2.32. The molecule has 0 amide bonds. The second-order valence-electron chi connectivity index (χ2n) is 5.86. The minimum absolute atomic E-state index is 0.203. The van der Waals surface area contributed by atoms with Gasteiger partial charge in [-0.25, -0.2) is 0 Å². The van der Waals surface area contributed by atoms with E-state index in [-0.39, 0.29) is 12.1 Å². The van der Waals surface area contributed by atoms with Crippen LogP contribution in [0.25, 0.3) is 0 Å². The Bertz CT molecular complexity index is 303. The maximum absolute atomic E-state index is 11.0. The number of aliphatic carboxylic acids is 1. The van der Waals surface area contributed by atoms with Gasteiger partial charge in [0.25, 0.3) is 0 Å². The number of aliphatic hydroxyl groups is 1. The number of aliphatic hydroxyl groups excluding tert-OH is 1. The van der Waals surface area contributed by atoms with Gasteiger partial charge >= 0.3 is 5.97 Å². The topological polar surface area (TPSA) is 64.0 Å². The minimum atomic E-state index is -0.747. The number of piperazine rings is 1. The summed E-state index contributed by atoms with van der Waals surface area (Å²) in [5.41, 5.74) is 0. The number of carboxylic acid groups (broad SMARTS) is 1. The third-order valence-corrected chi connectivity index (χ3v) is 4.67. The van der Waals surface area contributed by atoms with Crippen molar-refractivity contribution in [3.8, 4) is 0 Å². The molecule has 1 saturated carbocycles. The van der Waals surface area contributed by atoms with Gasteiger partial charge in [0.1, 0.15) is 6.04 Å². The lowest BCUT2D eigenvalue weighted by atomic mass is 10.0. The summed E-state index contributed by atoms with van der Waals surface area (Å²) in [6, 6.07) is -0.119. The third kappa shape index (κ3) is 3.68. The van der Waals surface area contributed by atoms with Gasteiger partial charge in [0, 0.05) is 32.2 Å². The first-order valence-corrected chi connectivity index (χ1v) is 7.48. The lowest BCUT2D eigenvalue weighted by Gasteiger charge is -2.41. The molecule has 0 aromatic heterocycles. The van der Waals surface area contributed by atoms with Gasteiger partial charge in [-0.1, -0.05) is 19.3 Å². The number of carboxylic acids is 1. The van der Waals surface area contributed by atoms with E-state index in [0.29, 0.717) is 0 Å². The van der Waals surface area contributed by atoms with Crippen molar-refractivity contribution < 1.29 is 15.0 Å². The molecule has 0 bridgehead atoms. The molecule has 0 aromatic carbocycles. The van der Waals surface area contributed by atoms with E-state index >= 15 is 0 Å². The molecule has 0 aromatic rings. The number of carbonyl (C=O) groups is 1. The first kappa shape index (κ1) is 14.8. The Morgan fingerprint density at radius 1 is 1.11 bits per heavy atom. The second kappa shape index (κ2) is 6.68. The van der Waals surface area contributed by atoms with Crippen molar-refractivity contribution >= 4 is 5.97 Å². The average Bonchev–Trinajstić information content (AvgIpc) is 2.63. The maximum Gasteiger partial charge on any atom is 0.320 e. The van der Waals surface area contributed by atoms with E-state index in [1.165, 1.54) is 12.8 Å². The first-order chi connectivity index (χ1) is 9.09. The summed E-state index contributed by atoms with van der Waals surface area (Å²) in [4.78, 5) is 15.4. The van der Waals surface area contributed by atoms with E-state index in [1.54, 1.807) is 6.92 Å². The largest absolute Gasteiger partial charge is 0.480 e. The van der Waals surface area contributed by atoms with Crippen LogP contribution in [0.2, 0.25) is 0 Å². The fourth-order valence-corrected chi connectivity index (χ4v) is 3.31. The van der Waals surface area contributed by atoms with Crippen LogP contribution in [0.4, 0.5) is 0 Å². The quantitative estimate of drug-likeness (QED) is 0.742. The zero-order valence-corrected chi connectivity index (χ0v) is 11.8. The SMILES string of the molecule is CC(C(=O)O)N1CCN(C2CCCCCC2O)CC1. The smallest absolute Gasteiger partial charge is 0.320 e. The Morgan fingerprint density at radius 3 is 2.37 bits per heavy atom. The van der Waals surface area contributed by atoms with Gasteiger partial charge in [-0.05, 0) is 19.8 Å². The number of hydrogen-bond acceptors (Lipinski definition) is 4. The Morgan fingerprint density at radius 2 is 1.74 bits per heavy atom. The molecule has 1 aliphatic carbocycles. The fourth-order valence-electron chi connectivity index (χ4n) is 3.31. The Balaban J connectivity index is 1.86. The minimum Gasteiger partial charge on any atom is -0.480 e. The summed E-state index contributed by atoms with van der Waals surface area (Å²) in [5, 5.41) is 19.2. The van der Waals surface area contributed by atoms with Crippen LogP contribution in [0.5, 0.6) is 0 Å². The van der Waals surface area contributed by atoms with Crippen LogP contribution in [0.3, 0.4) is 0 Å². The summed E-state index contributed by atoms with van der Waals surface area (Å²) in [6.45, 7) is 5.07. The molecule has 5 heteroatoms. The van der Waals surface area contributed by atoms with E-state index in [0.717, 1.165) is 45.4 Å². The van der Waals surface area contributed by atoms with E-state index in [4.69, 9.17) is 5.11 Å². The van der Waals surface area contributed by atoms with Crippen LogP contribution in [-0.2, 0) is 4.79 Å². The second-order valence-corrected chi connectivity index (χ2v) is 5.86.